The van der Waals surface area contributed by atoms with Crippen molar-refractivity contribution >= 4 is 43.3 Å². The van der Waals surface area contributed by atoms with E-state index in [2.05, 4.69) is 9.97 Å². The molecule has 11 heteroatoms. The van der Waals surface area contributed by atoms with Gasteiger partial charge in [-0.15, -0.1) is 0 Å². The molecule has 1 saturated heterocycles. The number of H-pyrrole nitrogens is 1. The first-order valence-electron chi connectivity index (χ1n) is 13.3. The Morgan fingerprint density at radius 1 is 1.10 bits per heavy atom. The molecule has 4 heterocycles. The molecule has 9 nitrogen and oxygen atoms in total. The standard InChI is InChI=1S/C28H31N3O6S2/c1-39(33,34)26-5-4-21(15-29-26)36-22-11-18-12-24(28-30-16-23(38-28)13-19(32)10-17-2-3-17)31-27(18)25(14-22)37-20-6-8-35-9-7-20/h4-5,11-12,14-15,17,20,23,31H,2-3,6-10,13,16H2,1H3. The van der Waals surface area contributed by atoms with Crippen molar-refractivity contribution in [2.45, 2.75) is 54.9 Å². The van der Waals surface area contributed by atoms with E-state index in [1.54, 1.807) is 17.8 Å². The molecule has 206 valence electrons. The van der Waals surface area contributed by atoms with Crippen molar-refractivity contribution in [1.29, 1.82) is 0 Å². The molecule has 1 unspecified atom stereocenters. The Balaban J connectivity index is 1.24. The summed E-state index contributed by atoms with van der Waals surface area (Å²) in [4.78, 5) is 24.6. The fraction of sp³-hybridized carbons (Fsp3) is 0.464. The van der Waals surface area contributed by atoms with Gasteiger partial charge in [0.1, 0.15) is 34.2 Å². The number of thioether (sulfide) groups is 1. The van der Waals surface area contributed by atoms with Crippen LogP contribution >= 0.6 is 11.8 Å². The predicted molar refractivity (Wildman–Crippen MR) is 150 cm³/mol. The Kier molecular flexibility index (Phi) is 7.39. The zero-order valence-corrected chi connectivity index (χ0v) is 23.4. The molecule has 0 bridgehead atoms. The van der Waals surface area contributed by atoms with Gasteiger partial charge in [-0.3, -0.25) is 9.79 Å². The summed E-state index contributed by atoms with van der Waals surface area (Å²) < 4.78 is 41.5. The fourth-order valence-electron chi connectivity index (χ4n) is 4.86. The van der Waals surface area contributed by atoms with Gasteiger partial charge >= 0.3 is 0 Å². The van der Waals surface area contributed by atoms with Gasteiger partial charge in [0.25, 0.3) is 0 Å². The van der Waals surface area contributed by atoms with Gasteiger partial charge in [-0.2, -0.15) is 0 Å². The van der Waals surface area contributed by atoms with Crippen molar-refractivity contribution < 1.29 is 27.4 Å². The lowest BCUT2D eigenvalue weighted by Crippen LogP contribution is -2.25. The smallest absolute Gasteiger partial charge is 0.192 e. The lowest BCUT2D eigenvalue weighted by Gasteiger charge is -2.24. The molecule has 1 N–H and O–H groups in total. The van der Waals surface area contributed by atoms with Crippen LogP contribution in [0, 0.1) is 5.92 Å². The van der Waals surface area contributed by atoms with Crippen LogP contribution in [-0.4, -0.2) is 66.6 Å². The summed E-state index contributed by atoms with van der Waals surface area (Å²) in [6.45, 7) is 1.96. The first-order chi connectivity index (χ1) is 18.8. The summed E-state index contributed by atoms with van der Waals surface area (Å²) in [6.07, 6.45) is 7.80. The number of nitrogens with zero attached hydrogens (tertiary/aromatic N) is 2. The van der Waals surface area contributed by atoms with Crippen LogP contribution in [0.1, 0.15) is 44.2 Å². The van der Waals surface area contributed by atoms with Crippen molar-refractivity contribution in [2.24, 2.45) is 10.9 Å². The topological polar surface area (TPSA) is 120 Å². The summed E-state index contributed by atoms with van der Waals surface area (Å²) in [7, 11) is -3.40. The van der Waals surface area contributed by atoms with E-state index in [9.17, 15) is 13.2 Å². The minimum atomic E-state index is -3.40. The average Bonchev–Trinajstić information content (AvgIpc) is 3.41. The van der Waals surface area contributed by atoms with Crippen molar-refractivity contribution in [3.63, 3.8) is 0 Å². The van der Waals surface area contributed by atoms with Gasteiger partial charge in [0.15, 0.2) is 14.9 Å². The monoisotopic (exact) mass is 569 g/mol. The number of hydrogen-bond donors (Lipinski definition) is 1. The first-order valence-corrected chi connectivity index (χ1v) is 16.1. The molecular formula is C28H31N3O6S2. The van der Waals surface area contributed by atoms with Gasteiger partial charge < -0.3 is 19.2 Å². The molecule has 0 radical (unpaired) electrons. The van der Waals surface area contributed by atoms with Crippen molar-refractivity contribution in [2.75, 3.05) is 26.0 Å². The molecule has 1 atom stereocenters. The van der Waals surface area contributed by atoms with Gasteiger partial charge in [-0.05, 0) is 43.0 Å². The highest BCUT2D eigenvalue weighted by molar-refractivity contribution is 8.15. The number of aliphatic imine (C=N–C) groups is 1. The Bertz CT molecular complexity index is 1510. The molecule has 1 aliphatic carbocycles. The number of ether oxygens (including phenoxy) is 3. The number of aromatic nitrogens is 2. The predicted octanol–water partition coefficient (Wildman–Crippen LogP) is 4.94. The van der Waals surface area contributed by atoms with Gasteiger partial charge in [-0.25, -0.2) is 13.4 Å². The number of aromatic amines is 1. The van der Waals surface area contributed by atoms with Crippen LogP contribution in [0.3, 0.4) is 0 Å². The number of nitrogens with one attached hydrogen (secondary N) is 1. The third kappa shape index (κ3) is 6.47. The lowest BCUT2D eigenvalue weighted by molar-refractivity contribution is -0.119. The van der Waals surface area contributed by atoms with Crippen LogP contribution in [-0.2, 0) is 19.4 Å². The van der Waals surface area contributed by atoms with Gasteiger partial charge in [0, 0.05) is 48.6 Å². The van der Waals surface area contributed by atoms with Crippen LogP contribution in [0.4, 0.5) is 0 Å². The molecule has 0 amide bonds. The van der Waals surface area contributed by atoms with E-state index in [1.165, 1.54) is 25.1 Å². The zero-order valence-electron chi connectivity index (χ0n) is 21.7. The van der Waals surface area contributed by atoms with Crippen LogP contribution in [0.2, 0.25) is 0 Å². The highest BCUT2D eigenvalue weighted by Gasteiger charge is 2.29. The van der Waals surface area contributed by atoms with E-state index in [1.807, 2.05) is 18.2 Å². The Morgan fingerprint density at radius 2 is 1.92 bits per heavy atom. The van der Waals surface area contributed by atoms with Crippen LogP contribution in [0.5, 0.6) is 17.2 Å². The number of ketones is 1. The van der Waals surface area contributed by atoms with Gasteiger partial charge in [-0.1, -0.05) is 11.8 Å². The Hall–Kier alpha value is -2.89. The van der Waals surface area contributed by atoms with Crippen LogP contribution < -0.4 is 9.47 Å². The zero-order chi connectivity index (χ0) is 27.0. The lowest BCUT2D eigenvalue weighted by atomic mass is 10.1. The van der Waals surface area contributed by atoms with E-state index in [4.69, 9.17) is 19.2 Å². The van der Waals surface area contributed by atoms with Gasteiger partial charge in [0.2, 0.25) is 0 Å². The molecule has 1 aromatic carbocycles. The highest BCUT2D eigenvalue weighted by Crippen LogP contribution is 2.38. The maximum absolute atomic E-state index is 12.4. The quantitative estimate of drug-likeness (QED) is 0.365. The maximum atomic E-state index is 12.4. The summed E-state index contributed by atoms with van der Waals surface area (Å²) in [6, 6.07) is 8.80. The second-order valence-electron chi connectivity index (χ2n) is 10.5. The fourth-order valence-corrected chi connectivity index (χ4v) is 6.54. The number of carbonyl (C=O) groups excluding carboxylic acids is 1. The first kappa shape index (κ1) is 26.3. The molecule has 0 spiro atoms. The minimum absolute atomic E-state index is 0.00787. The maximum Gasteiger partial charge on any atom is 0.192 e. The molecule has 3 aliphatic rings. The van der Waals surface area contributed by atoms with Crippen molar-refractivity contribution in [3.8, 4) is 17.2 Å². The largest absolute Gasteiger partial charge is 0.488 e. The number of Topliss-reactive ketones (excluding diaryl/α,β-unsaturated/α-hetero) is 1. The van der Waals surface area contributed by atoms with Crippen LogP contribution in [0.25, 0.3) is 10.9 Å². The number of carbonyl (C=O) groups is 1. The third-order valence-corrected chi connectivity index (χ3v) is 9.29. The third-order valence-electron chi connectivity index (χ3n) is 7.07. The number of benzene rings is 1. The number of sulfone groups is 1. The van der Waals surface area contributed by atoms with E-state index in [0.717, 1.165) is 40.7 Å². The Morgan fingerprint density at radius 3 is 2.64 bits per heavy atom. The number of fused-ring (bicyclic) bond motifs is 1. The summed E-state index contributed by atoms with van der Waals surface area (Å²) in [5, 5.41) is 1.97. The number of rotatable bonds is 10. The molecule has 6 rings (SSSR count). The number of pyridine rings is 1. The van der Waals surface area contributed by atoms with E-state index in [0.29, 0.717) is 61.5 Å². The summed E-state index contributed by atoms with van der Waals surface area (Å²) in [5.41, 5.74) is 1.74. The molecule has 2 aliphatic heterocycles. The second-order valence-corrected chi connectivity index (χ2v) is 13.7. The summed E-state index contributed by atoms with van der Waals surface area (Å²) in [5.74, 6) is 2.59. The SMILES string of the molecule is CS(=O)(=O)c1ccc(Oc2cc(OC3CCOCC3)c3[nH]c(C4=NCC(CC(=O)CC5CC5)S4)cc3c2)cn1. The molecule has 1 saturated carbocycles. The summed E-state index contributed by atoms with van der Waals surface area (Å²) >= 11 is 1.66. The second kappa shape index (κ2) is 10.9. The minimum Gasteiger partial charge on any atom is -0.488 e. The van der Waals surface area contributed by atoms with Crippen LogP contribution in [0.15, 0.2) is 46.5 Å². The highest BCUT2D eigenvalue weighted by atomic mass is 32.2. The molecule has 3 aromatic rings. The van der Waals surface area contributed by atoms with E-state index < -0.39 is 9.84 Å². The molecule has 39 heavy (non-hydrogen) atoms. The van der Waals surface area contributed by atoms with E-state index in [-0.39, 0.29) is 16.4 Å². The van der Waals surface area contributed by atoms with Crippen molar-refractivity contribution in [1.82, 2.24) is 9.97 Å². The molecule has 2 aromatic heterocycles. The average molecular weight is 570 g/mol. The van der Waals surface area contributed by atoms with Gasteiger partial charge in [0.05, 0.1) is 37.2 Å². The van der Waals surface area contributed by atoms with Crippen molar-refractivity contribution in [3.05, 3.63) is 42.2 Å². The Labute approximate surface area is 231 Å². The van der Waals surface area contributed by atoms with E-state index >= 15 is 0 Å². The molecular weight excluding hydrogens is 538 g/mol. The normalized spacial score (nSPS) is 20.2. The number of hydrogen-bond acceptors (Lipinski definition) is 9. The molecule has 2 fully saturated rings.